The Hall–Kier alpha value is -1.02. The molecule has 0 amide bonds. The van der Waals surface area contributed by atoms with Crippen LogP contribution in [0.5, 0.6) is 0 Å². The lowest BCUT2D eigenvalue weighted by molar-refractivity contribution is 0.0992. The van der Waals surface area contributed by atoms with Crippen LogP contribution in [0.2, 0.25) is 0 Å². The van der Waals surface area contributed by atoms with Crippen molar-refractivity contribution in [3.63, 3.8) is 0 Å². The number of anilines is 1. The predicted molar refractivity (Wildman–Crippen MR) is 69.5 cm³/mol. The van der Waals surface area contributed by atoms with Crippen LogP contribution in [0.1, 0.15) is 33.6 Å². The van der Waals surface area contributed by atoms with Gasteiger partial charge in [0.1, 0.15) is 0 Å². The summed E-state index contributed by atoms with van der Waals surface area (Å²) in [4.78, 5) is 5.81. The average molecular weight is 221 g/mol. The molecule has 0 N–H and O–H groups in total. The van der Waals surface area contributed by atoms with Crippen molar-refractivity contribution in [1.29, 1.82) is 0 Å². The van der Waals surface area contributed by atoms with Gasteiger partial charge < -0.3 is 0 Å². The second-order valence-electron chi connectivity index (χ2n) is 4.48. The Morgan fingerprint density at radius 1 is 1.19 bits per heavy atom. The molecule has 0 aliphatic carbocycles. The Labute approximate surface area is 99.2 Å². The molecule has 16 heavy (non-hydrogen) atoms. The lowest BCUT2D eigenvalue weighted by Gasteiger charge is -2.25. The van der Waals surface area contributed by atoms with Crippen molar-refractivity contribution in [3.8, 4) is 0 Å². The quantitative estimate of drug-likeness (QED) is 0.512. The standard InChI is InChI=1S/C14H23NO/c1-4-5-11-16-15(12-13(2)3)14-9-7-6-8-10-14/h6-10,13H,4-5,11-12H2,1-3H3. The fourth-order valence-corrected chi connectivity index (χ4v) is 1.48. The second-order valence-corrected chi connectivity index (χ2v) is 4.48. The molecule has 0 atom stereocenters. The normalized spacial score (nSPS) is 10.8. The predicted octanol–water partition coefficient (Wildman–Crippen LogP) is 3.88. The third-order valence-corrected chi connectivity index (χ3v) is 2.32. The minimum atomic E-state index is 0.599. The molecule has 0 saturated heterocycles. The van der Waals surface area contributed by atoms with Gasteiger partial charge in [0.2, 0.25) is 0 Å². The highest BCUT2D eigenvalue weighted by molar-refractivity contribution is 5.43. The Balaban J connectivity index is 2.56. The van der Waals surface area contributed by atoms with Gasteiger partial charge in [-0.1, -0.05) is 45.4 Å². The third kappa shape index (κ3) is 4.67. The van der Waals surface area contributed by atoms with Crippen molar-refractivity contribution in [3.05, 3.63) is 30.3 Å². The first-order valence-electron chi connectivity index (χ1n) is 6.19. The minimum absolute atomic E-state index is 0.599. The Bertz CT molecular complexity index is 271. The van der Waals surface area contributed by atoms with E-state index in [4.69, 9.17) is 4.84 Å². The van der Waals surface area contributed by atoms with E-state index in [9.17, 15) is 0 Å². The SMILES string of the molecule is CCCCON(CC(C)C)c1ccccc1. The van der Waals surface area contributed by atoms with Gasteiger partial charge in [-0.2, -0.15) is 0 Å². The monoisotopic (exact) mass is 221 g/mol. The zero-order valence-corrected chi connectivity index (χ0v) is 10.6. The summed E-state index contributed by atoms with van der Waals surface area (Å²) in [6, 6.07) is 10.3. The summed E-state index contributed by atoms with van der Waals surface area (Å²) in [5.41, 5.74) is 1.15. The molecule has 0 unspecified atom stereocenters. The topological polar surface area (TPSA) is 12.5 Å². The first-order valence-corrected chi connectivity index (χ1v) is 6.19. The molecule has 0 bridgehead atoms. The number of hydrogen-bond donors (Lipinski definition) is 0. The lowest BCUT2D eigenvalue weighted by atomic mass is 10.2. The molecule has 1 aromatic carbocycles. The van der Waals surface area contributed by atoms with Crippen molar-refractivity contribution >= 4 is 5.69 Å². The average Bonchev–Trinajstić information content (AvgIpc) is 2.29. The van der Waals surface area contributed by atoms with Crippen LogP contribution >= 0.6 is 0 Å². The van der Waals surface area contributed by atoms with Gasteiger partial charge in [0.25, 0.3) is 0 Å². The summed E-state index contributed by atoms with van der Waals surface area (Å²) in [5.74, 6) is 0.599. The van der Waals surface area contributed by atoms with Crippen molar-refractivity contribution in [2.24, 2.45) is 5.92 Å². The molecule has 0 aliphatic heterocycles. The smallest absolute Gasteiger partial charge is 0.0748 e. The van der Waals surface area contributed by atoms with Crippen LogP contribution in [0.15, 0.2) is 30.3 Å². The molecule has 0 radical (unpaired) electrons. The van der Waals surface area contributed by atoms with E-state index in [0.29, 0.717) is 5.92 Å². The summed E-state index contributed by atoms with van der Waals surface area (Å²) in [6.07, 6.45) is 2.28. The van der Waals surface area contributed by atoms with Gasteiger partial charge in [-0.3, -0.25) is 9.90 Å². The van der Waals surface area contributed by atoms with E-state index in [1.165, 1.54) is 6.42 Å². The van der Waals surface area contributed by atoms with Crippen molar-refractivity contribution in [2.45, 2.75) is 33.6 Å². The summed E-state index contributed by atoms with van der Waals surface area (Å²) in [7, 11) is 0. The van der Waals surface area contributed by atoms with Crippen LogP contribution in [-0.2, 0) is 4.84 Å². The molecule has 0 fully saturated rings. The molecule has 0 saturated carbocycles. The summed E-state index contributed by atoms with van der Waals surface area (Å²) >= 11 is 0. The number of benzene rings is 1. The molecule has 2 heteroatoms. The zero-order valence-electron chi connectivity index (χ0n) is 10.6. The van der Waals surface area contributed by atoms with Crippen molar-refractivity contribution in [2.75, 3.05) is 18.2 Å². The molecular formula is C14H23NO. The Morgan fingerprint density at radius 2 is 1.88 bits per heavy atom. The highest BCUT2D eigenvalue weighted by Crippen LogP contribution is 2.15. The van der Waals surface area contributed by atoms with E-state index in [0.717, 1.165) is 25.3 Å². The number of nitrogens with zero attached hydrogens (tertiary/aromatic N) is 1. The zero-order chi connectivity index (χ0) is 11.8. The third-order valence-electron chi connectivity index (χ3n) is 2.32. The first kappa shape index (κ1) is 13.0. The number of unbranched alkanes of at least 4 members (excludes halogenated alkanes) is 1. The Kier molecular flexibility index (Phi) is 5.94. The van der Waals surface area contributed by atoms with E-state index in [1.807, 2.05) is 23.3 Å². The fourth-order valence-electron chi connectivity index (χ4n) is 1.48. The first-order chi connectivity index (χ1) is 7.74. The largest absolute Gasteiger partial charge is 0.273 e. The van der Waals surface area contributed by atoms with Crippen LogP contribution in [-0.4, -0.2) is 13.2 Å². The van der Waals surface area contributed by atoms with Gasteiger partial charge in [0, 0.05) is 6.54 Å². The van der Waals surface area contributed by atoms with Crippen LogP contribution in [0.3, 0.4) is 0 Å². The maximum Gasteiger partial charge on any atom is 0.0748 e. The highest BCUT2D eigenvalue weighted by atomic mass is 16.7. The lowest BCUT2D eigenvalue weighted by Crippen LogP contribution is -2.28. The molecule has 0 aliphatic rings. The number of rotatable bonds is 7. The van der Waals surface area contributed by atoms with Crippen molar-refractivity contribution < 1.29 is 4.84 Å². The van der Waals surface area contributed by atoms with Crippen LogP contribution < -0.4 is 5.06 Å². The molecule has 0 heterocycles. The fraction of sp³-hybridized carbons (Fsp3) is 0.571. The van der Waals surface area contributed by atoms with Crippen LogP contribution in [0, 0.1) is 5.92 Å². The summed E-state index contributed by atoms with van der Waals surface area (Å²) < 4.78 is 0. The molecular weight excluding hydrogens is 198 g/mol. The van der Waals surface area contributed by atoms with E-state index < -0.39 is 0 Å². The molecule has 90 valence electrons. The molecule has 2 nitrogen and oxygen atoms in total. The van der Waals surface area contributed by atoms with Crippen LogP contribution in [0.25, 0.3) is 0 Å². The van der Waals surface area contributed by atoms with Gasteiger partial charge >= 0.3 is 0 Å². The van der Waals surface area contributed by atoms with Gasteiger partial charge in [-0.15, -0.1) is 0 Å². The molecule has 1 rings (SSSR count). The van der Waals surface area contributed by atoms with E-state index in [2.05, 4.69) is 32.9 Å². The summed E-state index contributed by atoms with van der Waals surface area (Å²) in [5, 5.41) is 2.01. The van der Waals surface area contributed by atoms with Gasteiger partial charge in [0.05, 0.1) is 12.3 Å². The Morgan fingerprint density at radius 3 is 2.44 bits per heavy atom. The van der Waals surface area contributed by atoms with Crippen LogP contribution in [0.4, 0.5) is 5.69 Å². The van der Waals surface area contributed by atoms with Gasteiger partial charge in [0.15, 0.2) is 0 Å². The molecule has 0 aromatic heterocycles. The number of para-hydroxylation sites is 1. The highest BCUT2D eigenvalue weighted by Gasteiger charge is 2.08. The van der Waals surface area contributed by atoms with Gasteiger partial charge in [-0.05, 0) is 24.5 Å². The molecule has 1 aromatic rings. The maximum absolute atomic E-state index is 5.81. The maximum atomic E-state index is 5.81. The van der Waals surface area contributed by atoms with Gasteiger partial charge in [-0.25, -0.2) is 0 Å². The van der Waals surface area contributed by atoms with E-state index in [-0.39, 0.29) is 0 Å². The number of hydroxylamine groups is 1. The minimum Gasteiger partial charge on any atom is -0.273 e. The van der Waals surface area contributed by atoms with Crippen molar-refractivity contribution in [1.82, 2.24) is 0 Å². The van der Waals surface area contributed by atoms with E-state index in [1.54, 1.807) is 0 Å². The molecule has 0 spiro atoms. The van der Waals surface area contributed by atoms with E-state index >= 15 is 0 Å². The summed E-state index contributed by atoms with van der Waals surface area (Å²) in [6.45, 7) is 8.34. The number of hydrogen-bond acceptors (Lipinski definition) is 2. The second kappa shape index (κ2) is 7.29.